The van der Waals surface area contributed by atoms with Crippen LogP contribution in [0, 0.1) is 0 Å². The molecule has 0 bridgehead atoms. The molecule has 2 N–H and O–H groups in total. The van der Waals surface area contributed by atoms with E-state index >= 15 is 0 Å². The number of amides is 2. The highest BCUT2D eigenvalue weighted by atomic mass is 16.7. The lowest BCUT2D eigenvalue weighted by Crippen LogP contribution is -2.32. The van der Waals surface area contributed by atoms with Gasteiger partial charge in [0.05, 0.1) is 26.1 Å². The molecule has 0 aliphatic carbocycles. The van der Waals surface area contributed by atoms with Crippen molar-refractivity contribution in [3.8, 4) is 23.0 Å². The number of carbonyl (C=O) groups is 2. The summed E-state index contributed by atoms with van der Waals surface area (Å²) in [4.78, 5) is 23.9. The van der Waals surface area contributed by atoms with E-state index in [1.165, 1.54) is 20.4 Å². The lowest BCUT2D eigenvalue weighted by Gasteiger charge is -2.10. The molecule has 1 heterocycles. The maximum atomic E-state index is 12.0. The molecule has 0 spiro atoms. The number of ether oxygens (including phenoxy) is 4. The number of rotatable bonds is 5. The number of carbonyl (C=O) groups excluding carboxylic acids is 2. The summed E-state index contributed by atoms with van der Waals surface area (Å²) >= 11 is 0. The molecule has 27 heavy (non-hydrogen) atoms. The van der Waals surface area contributed by atoms with Gasteiger partial charge in [-0.2, -0.15) is 5.10 Å². The molecule has 2 aromatic carbocycles. The number of fused-ring (bicyclic) bond motifs is 1. The monoisotopic (exact) mass is 371 g/mol. The Labute approximate surface area is 154 Å². The number of nitrogens with one attached hydrogen (secondary N) is 2. The summed E-state index contributed by atoms with van der Waals surface area (Å²) in [6.07, 6.45) is 1.39. The summed E-state index contributed by atoms with van der Waals surface area (Å²) < 4.78 is 20.7. The van der Waals surface area contributed by atoms with Crippen LogP contribution in [0.1, 0.15) is 5.56 Å². The Morgan fingerprint density at radius 3 is 2.63 bits per heavy atom. The van der Waals surface area contributed by atoms with Gasteiger partial charge in [-0.05, 0) is 35.9 Å². The van der Waals surface area contributed by atoms with Crippen LogP contribution in [-0.4, -0.2) is 39.0 Å². The van der Waals surface area contributed by atoms with Gasteiger partial charge in [-0.15, -0.1) is 0 Å². The van der Waals surface area contributed by atoms with Crippen molar-refractivity contribution >= 4 is 23.7 Å². The molecule has 0 saturated carbocycles. The predicted octanol–water partition coefficient (Wildman–Crippen LogP) is 1.52. The molecule has 9 heteroatoms. The van der Waals surface area contributed by atoms with Crippen LogP contribution in [-0.2, 0) is 9.59 Å². The zero-order chi connectivity index (χ0) is 19.2. The molecule has 0 radical (unpaired) electrons. The van der Waals surface area contributed by atoms with Crippen molar-refractivity contribution in [1.29, 1.82) is 0 Å². The van der Waals surface area contributed by atoms with Gasteiger partial charge in [0.25, 0.3) is 0 Å². The molecule has 0 unspecified atom stereocenters. The maximum Gasteiger partial charge on any atom is 0.329 e. The van der Waals surface area contributed by atoms with E-state index in [1.807, 2.05) is 0 Å². The van der Waals surface area contributed by atoms with Crippen LogP contribution >= 0.6 is 0 Å². The molecular weight excluding hydrogens is 354 g/mol. The minimum Gasteiger partial charge on any atom is -0.497 e. The summed E-state index contributed by atoms with van der Waals surface area (Å²) in [7, 11) is 2.96. The van der Waals surface area contributed by atoms with Gasteiger partial charge in [-0.3, -0.25) is 9.59 Å². The Morgan fingerprint density at radius 1 is 1.04 bits per heavy atom. The standard InChI is InChI=1S/C18H17N3O6/c1-24-12-4-5-13(15(8-12)25-2)20-17(22)18(23)21-19-9-11-3-6-14-16(7-11)27-10-26-14/h3-9H,10H2,1-2H3,(H,20,22)(H,21,23)/b19-9+. The van der Waals surface area contributed by atoms with E-state index in [-0.39, 0.29) is 6.79 Å². The molecule has 0 atom stereocenters. The molecular formula is C18H17N3O6. The highest BCUT2D eigenvalue weighted by Gasteiger charge is 2.16. The molecule has 0 fully saturated rings. The minimum atomic E-state index is -0.926. The van der Waals surface area contributed by atoms with E-state index < -0.39 is 11.8 Å². The van der Waals surface area contributed by atoms with Crippen LogP contribution in [0.15, 0.2) is 41.5 Å². The lowest BCUT2D eigenvalue weighted by atomic mass is 10.2. The number of hydrogen-bond donors (Lipinski definition) is 2. The Morgan fingerprint density at radius 2 is 1.85 bits per heavy atom. The number of anilines is 1. The van der Waals surface area contributed by atoms with E-state index in [9.17, 15) is 9.59 Å². The third-order valence-corrected chi connectivity index (χ3v) is 3.64. The fraction of sp³-hybridized carbons (Fsp3) is 0.167. The van der Waals surface area contributed by atoms with Gasteiger partial charge in [-0.1, -0.05) is 0 Å². The van der Waals surface area contributed by atoms with E-state index in [1.54, 1.807) is 36.4 Å². The smallest absolute Gasteiger partial charge is 0.329 e. The largest absolute Gasteiger partial charge is 0.497 e. The van der Waals surface area contributed by atoms with Gasteiger partial charge in [0.15, 0.2) is 11.5 Å². The van der Waals surface area contributed by atoms with Crippen molar-refractivity contribution in [1.82, 2.24) is 5.43 Å². The number of methoxy groups -OCH3 is 2. The lowest BCUT2D eigenvalue weighted by molar-refractivity contribution is -0.136. The summed E-state index contributed by atoms with van der Waals surface area (Å²) in [6.45, 7) is 0.168. The van der Waals surface area contributed by atoms with Crippen molar-refractivity contribution in [2.75, 3.05) is 26.3 Å². The van der Waals surface area contributed by atoms with Crippen LogP contribution in [0.25, 0.3) is 0 Å². The first-order valence-electron chi connectivity index (χ1n) is 7.87. The molecule has 1 aliphatic rings. The molecule has 0 aromatic heterocycles. The molecule has 1 aliphatic heterocycles. The van der Waals surface area contributed by atoms with Crippen molar-refractivity contribution in [2.45, 2.75) is 0 Å². The van der Waals surface area contributed by atoms with Crippen molar-refractivity contribution in [3.05, 3.63) is 42.0 Å². The first-order valence-corrected chi connectivity index (χ1v) is 7.87. The summed E-state index contributed by atoms with van der Waals surface area (Å²) in [5.41, 5.74) is 3.17. The first-order chi connectivity index (χ1) is 13.1. The van der Waals surface area contributed by atoms with Crippen LogP contribution in [0.5, 0.6) is 23.0 Å². The zero-order valence-electron chi connectivity index (χ0n) is 14.6. The van der Waals surface area contributed by atoms with Crippen LogP contribution in [0.3, 0.4) is 0 Å². The fourth-order valence-corrected chi connectivity index (χ4v) is 2.29. The average Bonchev–Trinajstić information content (AvgIpc) is 3.16. The fourth-order valence-electron chi connectivity index (χ4n) is 2.29. The van der Waals surface area contributed by atoms with Gasteiger partial charge >= 0.3 is 11.8 Å². The van der Waals surface area contributed by atoms with Crippen LogP contribution in [0.2, 0.25) is 0 Å². The van der Waals surface area contributed by atoms with Gasteiger partial charge in [0.1, 0.15) is 11.5 Å². The first kappa shape index (κ1) is 18.1. The number of hydrazone groups is 1. The van der Waals surface area contributed by atoms with E-state index in [2.05, 4.69) is 15.8 Å². The predicted molar refractivity (Wildman–Crippen MR) is 96.5 cm³/mol. The highest BCUT2D eigenvalue weighted by Crippen LogP contribution is 2.32. The van der Waals surface area contributed by atoms with E-state index in [0.717, 1.165) is 0 Å². The number of nitrogens with zero attached hydrogens (tertiary/aromatic N) is 1. The summed E-state index contributed by atoms with van der Waals surface area (Å²) in [5, 5.41) is 6.22. The normalized spacial score (nSPS) is 11.9. The molecule has 3 rings (SSSR count). The van der Waals surface area contributed by atoms with Gasteiger partial charge in [0, 0.05) is 6.07 Å². The third kappa shape index (κ3) is 4.27. The Kier molecular flexibility index (Phi) is 5.41. The molecule has 2 aromatic rings. The Balaban J connectivity index is 1.59. The second-order valence-electron chi connectivity index (χ2n) is 5.33. The topological polar surface area (TPSA) is 107 Å². The van der Waals surface area contributed by atoms with Crippen molar-refractivity contribution < 1.29 is 28.5 Å². The quantitative estimate of drug-likeness (QED) is 0.469. The van der Waals surface area contributed by atoms with Crippen molar-refractivity contribution in [2.24, 2.45) is 5.10 Å². The third-order valence-electron chi connectivity index (χ3n) is 3.64. The SMILES string of the molecule is COc1ccc(NC(=O)C(=O)N/N=C/c2ccc3c(c2)OCO3)c(OC)c1. The summed E-state index contributed by atoms with van der Waals surface area (Å²) in [6, 6.07) is 9.97. The van der Waals surface area contributed by atoms with Crippen LogP contribution in [0.4, 0.5) is 5.69 Å². The van der Waals surface area contributed by atoms with Crippen LogP contribution < -0.4 is 29.7 Å². The molecule has 140 valence electrons. The van der Waals surface area contributed by atoms with E-state index in [4.69, 9.17) is 18.9 Å². The Bertz CT molecular complexity index is 897. The van der Waals surface area contributed by atoms with Crippen molar-refractivity contribution in [3.63, 3.8) is 0 Å². The Hall–Kier alpha value is -3.75. The average molecular weight is 371 g/mol. The van der Waals surface area contributed by atoms with Gasteiger partial charge < -0.3 is 24.3 Å². The molecule has 9 nitrogen and oxygen atoms in total. The highest BCUT2D eigenvalue weighted by molar-refractivity contribution is 6.39. The number of benzene rings is 2. The van der Waals surface area contributed by atoms with Gasteiger partial charge in [0.2, 0.25) is 6.79 Å². The summed E-state index contributed by atoms with van der Waals surface area (Å²) in [5.74, 6) is 0.340. The molecule has 0 saturated heterocycles. The van der Waals surface area contributed by atoms with Gasteiger partial charge in [-0.25, -0.2) is 5.43 Å². The zero-order valence-corrected chi connectivity index (χ0v) is 14.6. The number of hydrogen-bond acceptors (Lipinski definition) is 7. The second kappa shape index (κ2) is 8.09. The maximum absolute atomic E-state index is 12.0. The van der Waals surface area contributed by atoms with E-state index in [0.29, 0.717) is 34.2 Å². The molecule has 2 amide bonds. The second-order valence-corrected chi connectivity index (χ2v) is 5.33. The minimum absolute atomic E-state index is 0.168.